The second kappa shape index (κ2) is 7.67. The summed E-state index contributed by atoms with van der Waals surface area (Å²) < 4.78 is 0. The van der Waals surface area contributed by atoms with E-state index >= 15 is 0 Å². The second-order valence-electron chi connectivity index (χ2n) is 6.12. The number of nitriles is 1. The molecule has 2 N–H and O–H groups in total. The number of aliphatic imine (C=N–C) groups is 1. The standard InChI is InChI=1S/C19H20ClN5OS/c1-4-24(5-2)18(26)15-11(3)23-19-25(17(22)14(10-21)27-19)16(15)12-6-8-13(20)9-7-12/h6-9,16H,4-5,22H2,1-3H3/t16-/m1/s1. The van der Waals surface area contributed by atoms with Gasteiger partial charge < -0.3 is 10.6 Å². The Morgan fingerprint density at radius 3 is 2.56 bits per heavy atom. The highest BCUT2D eigenvalue weighted by atomic mass is 35.5. The molecule has 140 valence electrons. The first-order valence-electron chi connectivity index (χ1n) is 8.64. The minimum absolute atomic E-state index is 0.0801. The molecule has 3 rings (SSSR count). The Kier molecular flexibility index (Phi) is 5.49. The van der Waals surface area contributed by atoms with Crippen molar-refractivity contribution in [2.45, 2.75) is 26.8 Å². The van der Waals surface area contributed by atoms with Gasteiger partial charge in [0.2, 0.25) is 0 Å². The number of nitrogens with two attached hydrogens (primary N) is 1. The lowest BCUT2D eigenvalue weighted by atomic mass is 9.93. The van der Waals surface area contributed by atoms with E-state index in [4.69, 9.17) is 17.3 Å². The Bertz CT molecular complexity index is 909. The molecule has 1 aromatic rings. The number of carbonyl (C=O) groups is 1. The lowest BCUT2D eigenvalue weighted by Crippen LogP contribution is -2.42. The molecule has 0 aromatic heterocycles. The normalized spacial score (nSPS) is 19.0. The molecule has 8 heteroatoms. The fourth-order valence-electron chi connectivity index (χ4n) is 3.26. The number of likely N-dealkylation sites (N-methyl/N-ethyl adjacent to an activating group) is 1. The van der Waals surface area contributed by atoms with Gasteiger partial charge in [-0.2, -0.15) is 5.26 Å². The number of allylic oxidation sites excluding steroid dienone is 2. The topological polar surface area (TPSA) is 85.7 Å². The Morgan fingerprint density at radius 2 is 2.00 bits per heavy atom. The van der Waals surface area contributed by atoms with Gasteiger partial charge >= 0.3 is 0 Å². The third-order valence-electron chi connectivity index (χ3n) is 4.64. The monoisotopic (exact) mass is 401 g/mol. The fourth-order valence-corrected chi connectivity index (χ4v) is 4.30. The van der Waals surface area contributed by atoms with Gasteiger partial charge in [0.25, 0.3) is 5.91 Å². The maximum absolute atomic E-state index is 13.3. The number of benzene rings is 1. The Labute approximate surface area is 168 Å². The van der Waals surface area contributed by atoms with Crippen LogP contribution in [0.1, 0.15) is 32.4 Å². The molecule has 0 radical (unpaired) electrons. The largest absolute Gasteiger partial charge is 0.383 e. The van der Waals surface area contributed by atoms with Gasteiger partial charge in [-0.3, -0.25) is 9.69 Å². The van der Waals surface area contributed by atoms with E-state index in [0.717, 1.165) is 5.56 Å². The van der Waals surface area contributed by atoms with Crippen molar-refractivity contribution in [2.24, 2.45) is 10.7 Å². The molecule has 0 saturated carbocycles. The van der Waals surface area contributed by atoms with Gasteiger partial charge in [0.15, 0.2) is 5.17 Å². The maximum atomic E-state index is 13.3. The van der Waals surface area contributed by atoms with Gasteiger partial charge in [-0.05, 0) is 50.2 Å². The summed E-state index contributed by atoms with van der Waals surface area (Å²) in [6.07, 6.45) is 0. The van der Waals surface area contributed by atoms with Gasteiger partial charge in [-0.25, -0.2) is 4.99 Å². The molecule has 0 unspecified atom stereocenters. The highest BCUT2D eigenvalue weighted by Gasteiger charge is 2.42. The van der Waals surface area contributed by atoms with Gasteiger partial charge in [-0.1, -0.05) is 23.7 Å². The van der Waals surface area contributed by atoms with Gasteiger partial charge in [0.1, 0.15) is 16.8 Å². The van der Waals surface area contributed by atoms with E-state index in [1.807, 2.05) is 32.9 Å². The van der Waals surface area contributed by atoms with E-state index in [9.17, 15) is 10.1 Å². The van der Waals surface area contributed by atoms with Crippen LogP contribution in [0.5, 0.6) is 0 Å². The van der Waals surface area contributed by atoms with Crippen molar-refractivity contribution in [1.82, 2.24) is 9.80 Å². The van der Waals surface area contributed by atoms with Crippen LogP contribution in [-0.4, -0.2) is 34.0 Å². The summed E-state index contributed by atoms with van der Waals surface area (Å²) in [5, 5.41) is 10.6. The molecule has 0 spiro atoms. The summed E-state index contributed by atoms with van der Waals surface area (Å²) in [6, 6.07) is 8.98. The average molecular weight is 402 g/mol. The first-order chi connectivity index (χ1) is 12.9. The highest BCUT2D eigenvalue weighted by molar-refractivity contribution is 8.17. The number of halogens is 1. The van der Waals surface area contributed by atoms with Crippen molar-refractivity contribution in [1.29, 1.82) is 5.26 Å². The smallest absolute Gasteiger partial charge is 0.254 e. The molecule has 1 amide bonds. The van der Waals surface area contributed by atoms with E-state index in [2.05, 4.69) is 11.1 Å². The summed E-state index contributed by atoms with van der Waals surface area (Å²) >= 11 is 7.28. The number of amidine groups is 1. The molecule has 27 heavy (non-hydrogen) atoms. The zero-order chi connectivity index (χ0) is 19.7. The lowest BCUT2D eigenvalue weighted by Gasteiger charge is -2.36. The summed E-state index contributed by atoms with van der Waals surface area (Å²) in [6.45, 7) is 6.91. The Hall–Kier alpha value is -2.43. The molecule has 0 bridgehead atoms. The van der Waals surface area contributed by atoms with Gasteiger partial charge in [0.05, 0.1) is 17.3 Å². The molecule has 1 aromatic carbocycles. The number of hydrogen-bond donors (Lipinski definition) is 1. The predicted octanol–water partition coefficient (Wildman–Crippen LogP) is 3.59. The molecule has 0 aliphatic carbocycles. The van der Waals surface area contributed by atoms with Crippen molar-refractivity contribution in [2.75, 3.05) is 13.1 Å². The summed E-state index contributed by atoms with van der Waals surface area (Å²) in [4.78, 5) is 21.8. The number of amides is 1. The minimum atomic E-state index is -0.457. The zero-order valence-electron chi connectivity index (χ0n) is 15.4. The molecule has 1 atom stereocenters. The molecule has 0 fully saturated rings. The van der Waals surface area contributed by atoms with Crippen molar-refractivity contribution < 1.29 is 4.79 Å². The average Bonchev–Trinajstić information content (AvgIpc) is 2.97. The van der Waals surface area contributed by atoms with E-state index in [1.54, 1.807) is 21.9 Å². The Morgan fingerprint density at radius 1 is 1.37 bits per heavy atom. The predicted molar refractivity (Wildman–Crippen MR) is 109 cm³/mol. The van der Waals surface area contributed by atoms with Crippen molar-refractivity contribution in [3.63, 3.8) is 0 Å². The Balaban J connectivity index is 2.19. The molecule has 2 heterocycles. The molecule has 2 aliphatic heterocycles. The first-order valence-corrected chi connectivity index (χ1v) is 9.83. The zero-order valence-corrected chi connectivity index (χ0v) is 16.9. The quantitative estimate of drug-likeness (QED) is 0.833. The number of carbonyl (C=O) groups excluding carboxylic acids is 1. The molecule has 6 nitrogen and oxygen atoms in total. The third-order valence-corrected chi connectivity index (χ3v) is 5.87. The van der Waals surface area contributed by atoms with Crippen LogP contribution in [0.15, 0.2) is 51.3 Å². The van der Waals surface area contributed by atoms with Crippen LogP contribution >= 0.6 is 23.4 Å². The van der Waals surface area contributed by atoms with Crippen molar-refractivity contribution in [3.05, 3.63) is 56.8 Å². The lowest BCUT2D eigenvalue weighted by molar-refractivity contribution is -0.127. The number of nitrogens with zero attached hydrogens (tertiary/aromatic N) is 4. The number of thioether (sulfide) groups is 1. The second-order valence-corrected chi connectivity index (χ2v) is 7.54. The summed E-state index contributed by atoms with van der Waals surface area (Å²) in [5.41, 5.74) is 8.32. The van der Waals surface area contributed by atoms with E-state index in [0.29, 0.717) is 45.3 Å². The molecular formula is C19H20ClN5OS. The van der Waals surface area contributed by atoms with Crippen LogP contribution in [-0.2, 0) is 4.79 Å². The van der Waals surface area contributed by atoms with Crippen LogP contribution in [0, 0.1) is 11.3 Å². The third kappa shape index (κ3) is 3.31. The SMILES string of the molecule is CCN(CC)C(=O)C1=C(C)N=C2SC(C#N)=C(N)N2[C@@H]1c1ccc(Cl)cc1. The molecule has 2 aliphatic rings. The van der Waals surface area contributed by atoms with Crippen LogP contribution in [0.25, 0.3) is 0 Å². The number of rotatable bonds is 4. The summed E-state index contributed by atoms with van der Waals surface area (Å²) in [7, 11) is 0. The van der Waals surface area contributed by atoms with Crippen molar-refractivity contribution >= 4 is 34.4 Å². The number of hydrogen-bond acceptors (Lipinski definition) is 6. The fraction of sp³-hybridized carbons (Fsp3) is 0.316. The van der Waals surface area contributed by atoms with Crippen LogP contribution in [0.3, 0.4) is 0 Å². The van der Waals surface area contributed by atoms with E-state index in [1.165, 1.54) is 11.8 Å². The molecule has 0 saturated heterocycles. The highest BCUT2D eigenvalue weighted by Crippen LogP contribution is 2.45. The van der Waals surface area contributed by atoms with Crippen LogP contribution in [0.2, 0.25) is 5.02 Å². The minimum Gasteiger partial charge on any atom is -0.383 e. The van der Waals surface area contributed by atoms with Crippen molar-refractivity contribution in [3.8, 4) is 6.07 Å². The van der Waals surface area contributed by atoms with Crippen LogP contribution in [0.4, 0.5) is 0 Å². The van der Waals surface area contributed by atoms with Crippen LogP contribution < -0.4 is 5.73 Å². The van der Waals surface area contributed by atoms with E-state index in [-0.39, 0.29) is 5.91 Å². The van der Waals surface area contributed by atoms with E-state index < -0.39 is 6.04 Å². The first kappa shape index (κ1) is 19.3. The van der Waals surface area contributed by atoms with Gasteiger partial charge in [0, 0.05) is 18.1 Å². The molecular weight excluding hydrogens is 382 g/mol. The van der Waals surface area contributed by atoms with Gasteiger partial charge in [-0.15, -0.1) is 0 Å². The maximum Gasteiger partial charge on any atom is 0.254 e. The number of fused-ring (bicyclic) bond motifs is 1. The summed E-state index contributed by atoms with van der Waals surface area (Å²) in [5.74, 6) is 0.238.